The highest BCUT2D eigenvalue weighted by atomic mass is 16.5. The fourth-order valence-electron chi connectivity index (χ4n) is 1.17. The number of rotatable bonds is 3. The summed E-state index contributed by atoms with van der Waals surface area (Å²) in [6.07, 6.45) is 0. The first-order valence-corrected chi connectivity index (χ1v) is 3.84. The second-order valence-electron chi connectivity index (χ2n) is 2.57. The van der Waals surface area contributed by atoms with Crippen molar-refractivity contribution in [2.24, 2.45) is 0 Å². The molecule has 72 valence electrons. The second-order valence-corrected chi connectivity index (χ2v) is 2.57. The Bertz CT molecular complexity index is 299. The molecule has 0 aromatic heterocycles. The van der Waals surface area contributed by atoms with E-state index in [4.69, 9.17) is 20.3 Å². The number of benzene rings is 1. The maximum absolute atomic E-state index is 9.00. The minimum atomic E-state index is -0.120. The average molecular weight is 183 g/mol. The summed E-state index contributed by atoms with van der Waals surface area (Å²) in [4.78, 5) is 0. The number of aliphatic hydroxyl groups is 1. The van der Waals surface area contributed by atoms with E-state index < -0.39 is 0 Å². The molecule has 0 saturated heterocycles. The zero-order valence-corrected chi connectivity index (χ0v) is 7.70. The molecule has 0 bridgehead atoms. The van der Waals surface area contributed by atoms with Gasteiger partial charge in [0.2, 0.25) is 0 Å². The maximum Gasteiger partial charge on any atom is 0.147 e. The molecule has 0 amide bonds. The van der Waals surface area contributed by atoms with Crippen molar-refractivity contribution in [1.29, 1.82) is 0 Å². The molecule has 4 heteroatoms. The summed E-state index contributed by atoms with van der Waals surface area (Å²) < 4.78 is 10.0. The first-order chi connectivity index (χ1) is 6.22. The predicted molar refractivity (Wildman–Crippen MR) is 49.9 cm³/mol. The lowest BCUT2D eigenvalue weighted by molar-refractivity contribution is 0.273. The van der Waals surface area contributed by atoms with Crippen molar-refractivity contribution in [1.82, 2.24) is 0 Å². The molecule has 1 rings (SSSR count). The summed E-state index contributed by atoms with van der Waals surface area (Å²) in [6.45, 7) is -0.120. The SMILES string of the molecule is COc1cc(N)c(OC)c(CO)c1. The van der Waals surface area contributed by atoms with Crippen LogP contribution in [-0.4, -0.2) is 19.3 Å². The quantitative estimate of drug-likeness (QED) is 0.679. The molecule has 0 aliphatic carbocycles. The number of ether oxygens (including phenoxy) is 2. The normalized spacial score (nSPS) is 9.77. The van der Waals surface area contributed by atoms with Crippen molar-refractivity contribution in [3.63, 3.8) is 0 Å². The van der Waals surface area contributed by atoms with Crippen LogP contribution in [0.25, 0.3) is 0 Å². The van der Waals surface area contributed by atoms with Crippen LogP contribution in [0.2, 0.25) is 0 Å². The third-order valence-corrected chi connectivity index (χ3v) is 1.78. The van der Waals surface area contributed by atoms with Gasteiger partial charge in [-0.3, -0.25) is 0 Å². The number of nitrogens with two attached hydrogens (primary N) is 1. The van der Waals surface area contributed by atoms with E-state index in [1.165, 1.54) is 7.11 Å². The smallest absolute Gasteiger partial charge is 0.147 e. The Morgan fingerprint density at radius 1 is 1.31 bits per heavy atom. The minimum absolute atomic E-state index is 0.120. The van der Waals surface area contributed by atoms with Crippen LogP contribution in [0.3, 0.4) is 0 Å². The maximum atomic E-state index is 9.00. The number of nitrogen functional groups attached to an aromatic ring is 1. The van der Waals surface area contributed by atoms with E-state index in [1.807, 2.05) is 0 Å². The summed E-state index contributed by atoms with van der Waals surface area (Å²) >= 11 is 0. The molecular formula is C9H13NO3. The molecule has 1 aromatic rings. The molecule has 4 nitrogen and oxygen atoms in total. The second kappa shape index (κ2) is 4.00. The number of methoxy groups -OCH3 is 2. The Hall–Kier alpha value is -1.42. The number of hydrogen-bond donors (Lipinski definition) is 2. The highest BCUT2D eigenvalue weighted by molar-refractivity contribution is 5.60. The number of aliphatic hydroxyl groups excluding tert-OH is 1. The average Bonchev–Trinajstić information content (AvgIpc) is 2.16. The zero-order valence-electron chi connectivity index (χ0n) is 7.70. The molecule has 0 aliphatic heterocycles. The van der Waals surface area contributed by atoms with Crippen LogP contribution in [0.4, 0.5) is 5.69 Å². The molecular weight excluding hydrogens is 170 g/mol. The van der Waals surface area contributed by atoms with Crippen LogP contribution >= 0.6 is 0 Å². The standard InChI is InChI=1S/C9H13NO3/c1-12-7-3-6(5-11)9(13-2)8(10)4-7/h3-4,11H,5,10H2,1-2H3. The van der Waals surface area contributed by atoms with Gasteiger partial charge in [-0.2, -0.15) is 0 Å². The predicted octanol–water partition coefficient (Wildman–Crippen LogP) is 0.778. The third-order valence-electron chi connectivity index (χ3n) is 1.78. The van der Waals surface area contributed by atoms with Crippen molar-refractivity contribution in [2.45, 2.75) is 6.61 Å². The van der Waals surface area contributed by atoms with Gasteiger partial charge in [0.05, 0.1) is 26.5 Å². The molecule has 1 aromatic carbocycles. The summed E-state index contributed by atoms with van der Waals surface area (Å²) in [5, 5.41) is 9.00. The summed E-state index contributed by atoms with van der Waals surface area (Å²) in [5.74, 6) is 1.12. The molecule has 0 unspecified atom stereocenters. The van der Waals surface area contributed by atoms with Gasteiger partial charge in [0.1, 0.15) is 11.5 Å². The third kappa shape index (κ3) is 1.84. The molecule has 0 spiro atoms. The van der Waals surface area contributed by atoms with Gasteiger partial charge in [0, 0.05) is 11.6 Å². The van der Waals surface area contributed by atoms with Crippen molar-refractivity contribution >= 4 is 5.69 Å². The lowest BCUT2D eigenvalue weighted by atomic mass is 10.1. The van der Waals surface area contributed by atoms with Gasteiger partial charge in [0.25, 0.3) is 0 Å². The van der Waals surface area contributed by atoms with Gasteiger partial charge in [-0.1, -0.05) is 0 Å². The van der Waals surface area contributed by atoms with Crippen molar-refractivity contribution in [3.8, 4) is 11.5 Å². The van der Waals surface area contributed by atoms with E-state index in [2.05, 4.69) is 0 Å². The molecule has 3 N–H and O–H groups in total. The highest BCUT2D eigenvalue weighted by Crippen LogP contribution is 2.31. The first kappa shape index (κ1) is 9.67. The van der Waals surface area contributed by atoms with Gasteiger partial charge in [-0.25, -0.2) is 0 Å². The first-order valence-electron chi connectivity index (χ1n) is 3.84. The summed E-state index contributed by atoms with van der Waals surface area (Å²) in [5.41, 5.74) is 6.76. The fourth-order valence-corrected chi connectivity index (χ4v) is 1.17. The van der Waals surface area contributed by atoms with E-state index in [9.17, 15) is 0 Å². The van der Waals surface area contributed by atoms with E-state index >= 15 is 0 Å². The van der Waals surface area contributed by atoms with Crippen LogP contribution < -0.4 is 15.2 Å². The molecule has 0 fully saturated rings. The highest BCUT2D eigenvalue weighted by Gasteiger charge is 2.08. The van der Waals surface area contributed by atoms with Crippen molar-refractivity contribution < 1.29 is 14.6 Å². The monoisotopic (exact) mass is 183 g/mol. The van der Waals surface area contributed by atoms with Gasteiger partial charge < -0.3 is 20.3 Å². The molecule has 13 heavy (non-hydrogen) atoms. The van der Waals surface area contributed by atoms with E-state index in [-0.39, 0.29) is 6.61 Å². The molecule has 0 atom stereocenters. The largest absolute Gasteiger partial charge is 0.497 e. The summed E-state index contributed by atoms with van der Waals surface area (Å²) in [7, 11) is 3.06. The van der Waals surface area contributed by atoms with Crippen LogP contribution in [-0.2, 0) is 6.61 Å². The van der Waals surface area contributed by atoms with Gasteiger partial charge in [-0.15, -0.1) is 0 Å². The van der Waals surface area contributed by atoms with Gasteiger partial charge in [0.15, 0.2) is 0 Å². The topological polar surface area (TPSA) is 64.7 Å². The molecule has 0 aliphatic rings. The van der Waals surface area contributed by atoms with Crippen molar-refractivity contribution in [2.75, 3.05) is 20.0 Å². The van der Waals surface area contributed by atoms with Crippen LogP contribution in [0.1, 0.15) is 5.56 Å². The Kier molecular flexibility index (Phi) is 2.97. The summed E-state index contributed by atoms with van der Waals surface area (Å²) in [6, 6.07) is 3.34. The molecule has 0 heterocycles. The lowest BCUT2D eigenvalue weighted by Crippen LogP contribution is -1.98. The van der Waals surface area contributed by atoms with Crippen LogP contribution in [0, 0.1) is 0 Å². The van der Waals surface area contributed by atoms with E-state index in [0.29, 0.717) is 22.7 Å². The van der Waals surface area contributed by atoms with E-state index in [1.54, 1.807) is 19.2 Å². The van der Waals surface area contributed by atoms with Gasteiger partial charge in [-0.05, 0) is 6.07 Å². The zero-order chi connectivity index (χ0) is 9.84. The Morgan fingerprint density at radius 2 is 2.00 bits per heavy atom. The molecule has 0 saturated carbocycles. The Balaban J connectivity index is 3.20. The number of hydrogen-bond acceptors (Lipinski definition) is 4. The van der Waals surface area contributed by atoms with Crippen LogP contribution in [0.15, 0.2) is 12.1 Å². The Morgan fingerprint density at radius 3 is 2.46 bits per heavy atom. The Labute approximate surface area is 76.9 Å². The number of anilines is 1. The lowest BCUT2D eigenvalue weighted by Gasteiger charge is -2.11. The minimum Gasteiger partial charge on any atom is -0.497 e. The van der Waals surface area contributed by atoms with E-state index in [0.717, 1.165) is 0 Å². The van der Waals surface area contributed by atoms with Gasteiger partial charge >= 0.3 is 0 Å². The molecule has 0 radical (unpaired) electrons. The van der Waals surface area contributed by atoms with Crippen molar-refractivity contribution in [3.05, 3.63) is 17.7 Å². The fraction of sp³-hybridized carbons (Fsp3) is 0.333. The van der Waals surface area contributed by atoms with Crippen LogP contribution in [0.5, 0.6) is 11.5 Å².